The van der Waals surface area contributed by atoms with E-state index in [2.05, 4.69) is 31.2 Å². The predicted octanol–water partition coefficient (Wildman–Crippen LogP) is 3.94. The number of ether oxygens (including phenoxy) is 1. The molecule has 0 N–H and O–H groups in total. The van der Waals surface area contributed by atoms with Crippen LogP contribution in [0, 0.1) is 6.07 Å². The van der Waals surface area contributed by atoms with Crippen molar-refractivity contribution in [3.05, 3.63) is 54.6 Å². The first-order valence-corrected chi connectivity index (χ1v) is 5.60. The van der Waals surface area contributed by atoms with Crippen molar-refractivity contribution in [1.29, 1.82) is 0 Å². The van der Waals surface area contributed by atoms with E-state index in [0.29, 0.717) is 0 Å². The highest BCUT2D eigenvalue weighted by molar-refractivity contribution is 5.64. The van der Waals surface area contributed by atoms with E-state index < -0.39 is 0 Å². The lowest BCUT2D eigenvalue weighted by Crippen LogP contribution is -1.94. The molecule has 1 radical (unpaired) electrons. The summed E-state index contributed by atoms with van der Waals surface area (Å²) in [5.74, 6) is 0.927. The molecule has 16 heavy (non-hydrogen) atoms. The van der Waals surface area contributed by atoms with Crippen LogP contribution in [0.3, 0.4) is 0 Å². The summed E-state index contributed by atoms with van der Waals surface area (Å²) in [4.78, 5) is 0. The highest BCUT2D eigenvalue weighted by Gasteiger charge is 1.99. The summed E-state index contributed by atoms with van der Waals surface area (Å²) >= 11 is 0. The molecule has 0 aliphatic rings. The topological polar surface area (TPSA) is 9.23 Å². The summed E-state index contributed by atoms with van der Waals surface area (Å²) in [6.45, 7) is 2.87. The summed E-state index contributed by atoms with van der Waals surface area (Å²) in [7, 11) is 0. The van der Waals surface area contributed by atoms with Crippen LogP contribution >= 0.6 is 0 Å². The molecule has 2 aromatic carbocycles. The van der Waals surface area contributed by atoms with Gasteiger partial charge in [-0.25, -0.2) is 0 Å². The lowest BCUT2D eigenvalue weighted by atomic mass is 10.1. The quantitative estimate of drug-likeness (QED) is 0.744. The van der Waals surface area contributed by atoms with Gasteiger partial charge in [-0.1, -0.05) is 43.3 Å². The number of hydrogen-bond donors (Lipinski definition) is 0. The summed E-state index contributed by atoms with van der Waals surface area (Å²) in [5, 5.41) is 0. The van der Waals surface area contributed by atoms with Crippen LogP contribution in [0.25, 0.3) is 11.1 Å². The molecule has 1 nitrogen and oxygen atoms in total. The Labute approximate surface area is 96.7 Å². The van der Waals surface area contributed by atoms with Gasteiger partial charge in [0.1, 0.15) is 5.75 Å². The molecule has 0 saturated carbocycles. The van der Waals surface area contributed by atoms with Gasteiger partial charge in [-0.15, -0.1) is 0 Å². The van der Waals surface area contributed by atoms with Crippen molar-refractivity contribution >= 4 is 0 Å². The van der Waals surface area contributed by atoms with Gasteiger partial charge in [0.2, 0.25) is 0 Å². The molecule has 0 unspecified atom stereocenters. The van der Waals surface area contributed by atoms with Crippen molar-refractivity contribution < 1.29 is 4.74 Å². The van der Waals surface area contributed by atoms with Crippen molar-refractivity contribution in [2.24, 2.45) is 0 Å². The molecule has 0 saturated heterocycles. The Kier molecular flexibility index (Phi) is 3.60. The van der Waals surface area contributed by atoms with Gasteiger partial charge in [0.15, 0.2) is 0 Å². The normalized spacial score (nSPS) is 10.1. The average Bonchev–Trinajstić information content (AvgIpc) is 2.38. The van der Waals surface area contributed by atoms with Crippen LogP contribution in [0.5, 0.6) is 5.75 Å². The van der Waals surface area contributed by atoms with E-state index in [9.17, 15) is 0 Å². The van der Waals surface area contributed by atoms with Crippen molar-refractivity contribution in [1.82, 2.24) is 0 Å². The zero-order valence-electron chi connectivity index (χ0n) is 9.44. The Morgan fingerprint density at radius 1 is 1.12 bits per heavy atom. The maximum absolute atomic E-state index is 5.60. The standard InChI is InChI=1S/C15H15O/c1-2-11-16-15-10-6-9-14(12-15)13-7-4-3-5-8-13/h3-7,9-10,12H,2,11H2,1H3. The second kappa shape index (κ2) is 5.36. The molecule has 81 valence electrons. The molecular formula is C15H15O. The number of rotatable bonds is 4. The van der Waals surface area contributed by atoms with Crippen molar-refractivity contribution in [2.75, 3.05) is 6.61 Å². The van der Waals surface area contributed by atoms with E-state index in [1.807, 2.05) is 30.3 Å². The lowest BCUT2D eigenvalue weighted by Gasteiger charge is -2.06. The predicted molar refractivity (Wildman–Crippen MR) is 66.5 cm³/mol. The summed E-state index contributed by atoms with van der Waals surface area (Å²) in [6, 6.07) is 19.3. The Balaban J connectivity index is 2.22. The van der Waals surface area contributed by atoms with Gasteiger partial charge in [-0.05, 0) is 35.7 Å². The van der Waals surface area contributed by atoms with E-state index in [4.69, 9.17) is 4.74 Å². The third-order valence-electron chi connectivity index (χ3n) is 2.33. The van der Waals surface area contributed by atoms with Crippen LogP contribution in [0.2, 0.25) is 0 Å². The van der Waals surface area contributed by atoms with Crippen molar-refractivity contribution in [3.8, 4) is 16.9 Å². The Hall–Kier alpha value is -1.76. The van der Waals surface area contributed by atoms with Gasteiger partial charge in [-0.3, -0.25) is 0 Å². The minimum Gasteiger partial charge on any atom is -0.494 e. The molecule has 2 aromatic rings. The minimum atomic E-state index is 0.766. The van der Waals surface area contributed by atoms with E-state index in [1.54, 1.807) is 0 Å². The van der Waals surface area contributed by atoms with Crippen LogP contribution in [-0.2, 0) is 0 Å². The molecule has 0 aliphatic carbocycles. The summed E-state index contributed by atoms with van der Waals surface area (Å²) in [5.41, 5.74) is 2.25. The smallest absolute Gasteiger partial charge is 0.119 e. The zero-order chi connectivity index (χ0) is 11.2. The fraction of sp³-hybridized carbons (Fsp3) is 0.200. The molecule has 0 atom stereocenters. The summed E-state index contributed by atoms with van der Waals surface area (Å²) in [6.07, 6.45) is 1.03. The number of hydrogen-bond acceptors (Lipinski definition) is 1. The molecule has 0 fully saturated rings. The maximum atomic E-state index is 5.60. The molecule has 0 bridgehead atoms. The van der Waals surface area contributed by atoms with Crippen molar-refractivity contribution in [3.63, 3.8) is 0 Å². The Morgan fingerprint density at radius 3 is 2.81 bits per heavy atom. The molecule has 0 amide bonds. The monoisotopic (exact) mass is 211 g/mol. The lowest BCUT2D eigenvalue weighted by molar-refractivity contribution is 0.317. The molecule has 0 spiro atoms. The average molecular weight is 211 g/mol. The Bertz CT molecular complexity index is 434. The van der Waals surface area contributed by atoms with E-state index >= 15 is 0 Å². The first-order valence-electron chi connectivity index (χ1n) is 5.60. The van der Waals surface area contributed by atoms with E-state index in [0.717, 1.165) is 29.9 Å². The Morgan fingerprint density at radius 2 is 2.06 bits per heavy atom. The van der Waals surface area contributed by atoms with Gasteiger partial charge >= 0.3 is 0 Å². The maximum Gasteiger partial charge on any atom is 0.119 e. The third kappa shape index (κ3) is 2.63. The van der Waals surface area contributed by atoms with Gasteiger partial charge in [-0.2, -0.15) is 0 Å². The highest BCUT2D eigenvalue weighted by Crippen LogP contribution is 2.23. The van der Waals surface area contributed by atoms with Crippen molar-refractivity contribution in [2.45, 2.75) is 13.3 Å². The van der Waals surface area contributed by atoms with Crippen LogP contribution in [-0.4, -0.2) is 6.61 Å². The molecular weight excluding hydrogens is 196 g/mol. The van der Waals surface area contributed by atoms with Gasteiger partial charge in [0, 0.05) is 0 Å². The molecule has 2 rings (SSSR count). The molecule has 1 heteroatoms. The second-order valence-corrected chi connectivity index (χ2v) is 3.65. The SMILES string of the molecule is CCCOc1cccc(-c2[c]cccc2)c1. The van der Waals surface area contributed by atoms with Crippen LogP contribution in [0.4, 0.5) is 0 Å². The summed E-state index contributed by atoms with van der Waals surface area (Å²) < 4.78 is 5.60. The van der Waals surface area contributed by atoms with Crippen LogP contribution in [0.15, 0.2) is 48.5 Å². The van der Waals surface area contributed by atoms with Crippen LogP contribution in [0.1, 0.15) is 13.3 Å². The van der Waals surface area contributed by atoms with E-state index in [-0.39, 0.29) is 0 Å². The van der Waals surface area contributed by atoms with Crippen LogP contribution < -0.4 is 4.74 Å². The zero-order valence-corrected chi connectivity index (χ0v) is 9.44. The third-order valence-corrected chi connectivity index (χ3v) is 2.33. The second-order valence-electron chi connectivity index (χ2n) is 3.65. The molecule has 0 heterocycles. The first kappa shape index (κ1) is 10.7. The fourth-order valence-electron chi connectivity index (χ4n) is 1.55. The molecule has 0 aliphatic heterocycles. The van der Waals surface area contributed by atoms with Gasteiger partial charge < -0.3 is 4.74 Å². The van der Waals surface area contributed by atoms with Gasteiger partial charge in [0.05, 0.1) is 6.61 Å². The highest BCUT2D eigenvalue weighted by atomic mass is 16.5. The molecule has 0 aromatic heterocycles. The minimum absolute atomic E-state index is 0.766. The number of benzene rings is 2. The first-order chi connectivity index (χ1) is 7.90. The fourth-order valence-corrected chi connectivity index (χ4v) is 1.55. The largest absolute Gasteiger partial charge is 0.494 e. The van der Waals surface area contributed by atoms with E-state index in [1.165, 1.54) is 0 Å². The van der Waals surface area contributed by atoms with Gasteiger partial charge in [0.25, 0.3) is 0 Å².